The van der Waals surface area contributed by atoms with Crippen LogP contribution in [0.3, 0.4) is 0 Å². The molecule has 2 heterocycles. The van der Waals surface area contributed by atoms with E-state index in [1.807, 2.05) is 109 Å². The Morgan fingerprint density at radius 2 is 0.714 bits per heavy atom. The molecule has 10 nitrogen and oxygen atoms in total. The number of nitrogen functional groups attached to an aromatic ring is 1. The molecule has 0 amide bonds. The van der Waals surface area contributed by atoms with Crippen LogP contribution in [0, 0.1) is 3.57 Å². The fourth-order valence-corrected chi connectivity index (χ4v) is 13.6. The number of nitrogens with two attached hydrogens (primary N) is 1. The minimum absolute atomic E-state index is 0. The third-order valence-corrected chi connectivity index (χ3v) is 18.5. The summed E-state index contributed by atoms with van der Waals surface area (Å²) in [5.41, 5.74) is 33.0. The largest absolute Gasteiger partial charge is 1.00 e. The third-order valence-electron chi connectivity index (χ3n) is 17.8. The first kappa shape index (κ1) is 68.6. The minimum Gasteiger partial charge on any atom is -1.00 e. The molecular weight excluding hydrogens is 1340 g/mol. The van der Waals surface area contributed by atoms with Gasteiger partial charge in [-0.2, -0.15) is 10.2 Å². The second-order valence-corrected chi connectivity index (χ2v) is 25.6. The number of benzene rings is 12. The van der Waals surface area contributed by atoms with Gasteiger partial charge >= 0.3 is 51.4 Å². The van der Waals surface area contributed by atoms with Gasteiger partial charge in [0.15, 0.2) is 0 Å². The zero-order valence-corrected chi connectivity index (χ0v) is 60.3. The molecule has 12 aromatic carbocycles. The van der Waals surface area contributed by atoms with Crippen LogP contribution in [-0.4, -0.2) is 32.1 Å². The van der Waals surface area contributed by atoms with Crippen molar-refractivity contribution in [2.75, 3.05) is 16.3 Å². The number of rotatable bonds is 7. The minimum atomic E-state index is 0. The summed E-state index contributed by atoms with van der Waals surface area (Å²) in [6.07, 6.45) is 8.39. The second kappa shape index (κ2) is 33.7. The van der Waals surface area contributed by atoms with Gasteiger partial charge in [0.25, 0.3) is 0 Å². The van der Waals surface area contributed by atoms with Gasteiger partial charge in [-0.15, -0.1) is 0 Å². The SMILES string of the molecule is Ic1ccccc1.NNc1ccccc1.O=C1CCCC(=O)C1.[H-].[K+].c1ccc(-n2c3ccccc3c3cc4c5ccccc5n(-c5ccccc5)c4cc32)cc1.c1ccc(N/N=C2\CCC/C(=N\Nc3ccccc3)C2)cc1.c1ccc2c(c1)Cc1cc3c(cc1-2)-c1ccccc1C3. The average molecular weight is 1420 g/mol. The Morgan fingerprint density at radius 3 is 1.11 bits per heavy atom. The Labute approximate surface area is 630 Å². The second-order valence-electron chi connectivity index (χ2n) is 24.4. The molecule has 5 N–H and O–H groups in total. The van der Waals surface area contributed by atoms with Crippen LogP contribution in [0.5, 0.6) is 0 Å². The molecule has 0 atom stereocenters. The Hall–Kier alpha value is -9.35. The maximum atomic E-state index is 10.5. The van der Waals surface area contributed by atoms with Gasteiger partial charge in [-0.25, -0.2) is 0 Å². The van der Waals surface area contributed by atoms with E-state index < -0.39 is 0 Å². The zero-order chi connectivity index (χ0) is 66.1. The quantitative estimate of drug-likeness (QED) is 0.0413. The van der Waals surface area contributed by atoms with E-state index in [1.54, 1.807) is 0 Å². The van der Waals surface area contributed by atoms with Crippen LogP contribution in [0.4, 0.5) is 17.1 Å². The van der Waals surface area contributed by atoms with Crippen LogP contribution >= 0.6 is 22.6 Å². The summed E-state index contributed by atoms with van der Waals surface area (Å²) in [5, 5.41) is 14.2. The molecule has 4 aliphatic rings. The molecule has 0 bridgehead atoms. The molecule has 4 aliphatic carbocycles. The van der Waals surface area contributed by atoms with Gasteiger partial charge < -0.3 is 16.0 Å². The van der Waals surface area contributed by atoms with Gasteiger partial charge in [-0.05, 0) is 209 Å². The average Bonchev–Trinajstić information content (AvgIpc) is 1.56. The molecule has 0 aliphatic heterocycles. The first-order valence-electron chi connectivity index (χ1n) is 33.2. The van der Waals surface area contributed by atoms with E-state index >= 15 is 0 Å². The number of Topliss-reactive ketones (excluding diaryl/α,β-unsaturated/α-hetero) is 2. The summed E-state index contributed by atoms with van der Waals surface area (Å²) in [6.45, 7) is 0. The van der Waals surface area contributed by atoms with Gasteiger partial charge in [0.2, 0.25) is 0 Å². The molecule has 0 unspecified atom stereocenters. The molecule has 98 heavy (non-hydrogen) atoms. The molecule has 2 saturated carbocycles. The summed E-state index contributed by atoms with van der Waals surface area (Å²) in [7, 11) is 0. The first-order valence-corrected chi connectivity index (χ1v) is 34.3. The number of para-hydroxylation sites is 7. The number of anilines is 3. The summed E-state index contributed by atoms with van der Waals surface area (Å²) in [5.74, 6) is 5.32. The standard InChI is InChI=1S/C30H20N2.C20H14.C18H20N4.C6H5I.C6H8N2.C6H8O2.K.H/c1-3-11-21(12-4-1)31-27-17-9-7-15-23(27)25-19-26-24-16-8-10-18-28(24)32(30(26)20-29(25)31)22-13-5-2-6-14-22;1-3-7-17-13(5-1)9-15-11-16-10-14-6-2-4-8-18(14)20(16)12-19(15)17;1-3-8-15(9-4-1)19-21-17-12-7-13-18(14-17)22-20-16-10-5-2-6-11-16;7-6-4-2-1-3-5-6;7-8-6-4-2-1-3-5-6;7-5-2-1-3-6(8)4-5;;/h1-20H;1-8,11-12H,9-10H2;1-6,8-11,19-20H,7,12-14H2;1-5H;1-5,8H,7H2;1-4H2;;/q;;;;;;+1;-1/b;;21-17+,22-18+;;;;;. The number of nitrogens with one attached hydrogen (secondary N) is 3. The van der Waals surface area contributed by atoms with Gasteiger partial charge in [0, 0.05) is 72.9 Å². The molecule has 0 radical (unpaired) electrons. The van der Waals surface area contributed by atoms with Gasteiger partial charge in [0.05, 0.1) is 39.9 Å². The van der Waals surface area contributed by atoms with E-state index in [9.17, 15) is 9.59 Å². The van der Waals surface area contributed by atoms with E-state index in [2.05, 4.69) is 252 Å². The fraction of sp³-hybridized carbons (Fsp3) is 0.116. The molecular formula is C86H76IKN8O2. The van der Waals surface area contributed by atoms with Crippen LogP contribution in [0.1, 0.15) is 75.0 Å². The Bertz CT molecular complexity index is 4820. The number of hydrazine groups is 1. The number of carbonyl (C=O) groups is 2. The van der Waals surface area contributed by atoms with Crippen molar-refractivity contribution < 1.29 is 62.4 Å². The van der Waals surface area contributed by atoms with Crippen LogP contribution in [-0.2, 0) is 22.4 Å². The molecule has 14 aromatic rings. The van der Waals surface area contributed by atoms with Crippen molar-refractivity contribution in [2.24, 2.45) is 16.0 Å². The Balaban J connectivity index is 0.000000130. The summed E-state index contributed by atoms with van der Waals surface area (Å²) >= 11 is 2.28. The van der Waals surface area contributed by atoms with Gasteiger partial charge in [0.1, 0.15) is 11.6 Å². The summed E-state index contributed by atoms with van der Waals surface area (Å²) < 4.78 is 6.06. The maximum absolute atomic E-state index is 10.5. The smallest absolute Gasteiger partial charge is 1.00 e. The number of hydrazone groups is 2. The molecule has 2 fully saturated rings. The Kier molecular flexibility index (Phi) is 23.6. The van der Waals surface area contributed by atoms with Crippen molar-refractivity contribution in [3.05, 3.63) is 329 Å². The number of halogens is 1. The predicted octanol–water partition coefficient (Wildman–Crippen LogP) is 18.3. The van der Waals surface area contributed by atoms with E-state index in [4.69, 9.17) is 5.84 Å². The fourth-order valence-electron chi connectivity index (χ4n) is 13.2. The number of aromatic nitrogens is 2. The van der Waals surface area contributed by atoms with Crippen molar-refractivity contribution in [2.45, 2.75) is 64.2 Å². The maximum Gasteiger partial charge on any atom is 1.00 e. The summed E-state index contributed by atoms with van der Waals surface area (Å²) in [4.78, 5) is 20.9. The number of nitrogens with zero attached hydrogens (tertiary/aromatic N) is 4. The van der Waals surface area contributed by atoms with Crippen LogP contribution in [0.2, 0.25) is 0 Å². The molecule has 12 heteroatoms. The Morgan fingerprint density at radius 1 is 0.337 bits per heavy atom. The van der Waals surface area contributed by atoms with Crippen LogP contribution in [0.15, 0.2) is 314 Å². The number of hydrogen-bond donors (Lipinski definition) is 4. The van der Waals surface area contributed by atoms with Crippen LogP contribution in [0.25, 0.3) is 77.2 Å². The number of carbonyl (C=O) groups excluding carboxylic acids is 2. The van der Waals surface area contributed by atoms with Gasteiger partial charge in [-0.1, -0.05) is 200 Å². The van der Waals surface area contributed by atoms with Crippen molar-refractivity contribution in [3.8, 4) is 33.6 Å². The van der Waals surface area contributed by atoms with Gasteiger partial charge in [-0.3, -0.25) is 26.3 Å². The van der Waals surface area contributed by atoms with Crippen LogP contribution < -0.4 is 73.5 Å². The monoisotopic (exact) mass is 1420 g/mol. The first-order chi connectivity index (χ1) is 47.8. The molecule has 0 saturated heterocycles. The number of ketones is 2. The van der Waals surface area contributed by atoms with E-state index in [0.717, 1.165) is 73.4 Å². The third kappa shape index (κ3) is 16.8. The predicted molar refractivity (Wildman–Crippen MR) is 415 cm³/mol. The van der Waals surface area contributed by atoms with E-state index in [0.29, 0.717) is 12.8 Å². The van der Waals surface area contributed by atoms with Crippen molar-refractivity contribution in [1.29, 1.82) is 0 Å². The number of fused-ring (bicyclic) bond motifs is 12. The normalized spacial score (nSPS) is 13.8. The van der Waals surface area contributed by atoms with Crippen molar-refractivity contribution in [3.63, 3.8) is 0 Å². The zero-order valence-electron chi connectivity index (χ0n) is 56.0. The molecule has 18 rings (SSSR count). The molecule has 480 valence electrons. The van der Waals surface area contributed by atoms with Crippen molar-refractivity contribution in [1.82, 2.24) is 9.13 Å². The molecule has 0 spiro atoms. The molecule has 2 aromatic heterocycles. The van der Waals surface area contributed by atoms with E-state index in [-0.39, 0.29) is 70.8 Å². The van der Waals surface area contributed by atoms with E-state index in [1.165, 1.54) is 103 Å². The summed E-state index contributed by atoms with van der Waals surface area (Å²) in [6, 6.07) is 106. The van der Waals surface area contributed by atoms with Crippen molar-refractivity contribution >= 4 is 106 Å². The number of hydrogen-bond acceptors (Lipinski definition) is 8. The topological polar surface area (TPSA) is 131 Å².